The predicted octanol–water partition coefficient (Wildman–Crippen LogP) is 2.10. The lowest BCUT2D eigenvalue weighted by Crippen LogP contribution is -2.20. The molecular weight excluding hydrogens is 341 g/mol. The molecule has 0 atom stereocenters. The number of fused-ring (bicyclic) bond motifs is 1. The molecule has 0 saturated carbocycles. The van der Waals surface area contributed by atoms with Crippen LogP contribution in [0.1, 0.15) is 10.4 Å². The summed E-state index contributed by atoms with van der Waals surface area (Å²) in [4.78, 5) is 11.0. The molecule has 0 bridgehead atoms. The van der Waals surface area contributed by atoms with Crippen molar-refractivity contribution in [2.45, 2.75) is 4.90 Å². The van der Waals surface area contributed by atoms with Crippen LogP contribution < -0.4 is 14.2 Å². The topological polar surface area (TPSA) is 102 Å². The maximum absolute atomic E-state index is 13.7. The summed E-state index contributed by atoms with van der Waals surface area (Å²) < 4.78 is 51.1. The third-order valence-corrected chi connectivity index (χ3v) is 4.62. The number of anilines is 1. The Morgan fingerprint density at radius 1 is 1.17 bits per heavy atom. The van der Waals surface area contributed by atoms with Crippen molar-refractivity contribution in [1.29, 1.82) is 0 Å². The number of para-hydroxylation sites is 1. The Morgan fingerprint density at radius 2 is 1.88 bits per heavy atom. The highest BCUT2D eigenvalue weighted by Gasteiger charge is 2.26. The Kier molecular flexibility index (Phi) is 4.02. The van der Waals surface area contributed by atoms with Crippen LogP contribution in [-0.4, -0.2) is 32.7 Å². The molecule has 126 valence electrons. The first-order valence-corrected chi connectivity index (χ1v) is 8.31. The Labute approximate surface area is 136 Å². The largest absolute Gasteiger partial charge is 0.486 e. The molecule has 0 fully saturated rings. The second kappa shape index (κ2) is 6.00. The minimum Gasteiger partial charge on any atom is -0.486 e. The van der Waals surface area contributed by atoms with Gasteiger partial charge in [-0.25, -0.2) is 17.6 Å². The maximum atomic E-state index is 13.7. The highest BCUT2D eigenvalue weighted by molar-refractivity contribution is 7.92. The molecule has 2 N–H and O–H groups in total. The molecule has 24 heavy (non-hydrogen) atoms. The van der Waals surface area contributed by atoms with Gasteiger partial charge in [0.05, 0.1) is 10.6 Å². The molecule has 0 aromatic heterocycles. The van der Waals surface area contributed by atoms with Gasteiger partial charge in [-0.05, 0) is 18.2 Å². The SMILES string of the molecule is O=C(O)c1cc(S(=O)(=O)Nc2ccccc2F)cc2c1OCCO2. The van der Waals surface area contributed by atoms with Gasteiger partial charge in [-0.1, -0.05) is 12.1 Å². The van der Waals surface area contributed by atoms with Crippen LogP contribution in [-0.2, 0) is 10.0 Å². The van der Waals surface area contributed by atoms with Gasteiger partial charge in [-0.2, -0.15) is 0 Å². The number of nitrogens with one attached hydrogen (secondary N) is 1. The van der Waals surface area contributed by atoms with E-state index in [0.717, 1.165) is 18.2 Å². The highest BCUT2D eigenvalue weighted by atomic mass is 32.2. The molecule has 9 heteroatoms. The third-order valence-electron chi connectivity index (χ3n) is 3.27. The molecule has 1 aliphatic heterocycles. The molecule has 2 aromatic rings. The fourth-order valence-electron chi connectivity index (χ4n) is 2.19. The Balaban J connectivity index is 2.06. The van der Waals surface area contributed by atoms with Gasteiger partial charge in [-0.15, -0.1) is 0 Å². The predicted molar refractivity (Wildman–Crippen MR) is 81.6 cm³/mol. The number of rotatable bonds is 4. The van der Waals surface area contributed by atoms with Crippen molar-refractivity contribution in [1.82, 2.24) is 0 Å². The zero-order valence-electron chi connectivity index (χ0n) is 12.2. The van der Waals surface area contributed by atoms with E-state index in [1.165, 1.54) is 18.2 Å². The standard InChI is InChI=1S/C15H12FNO6S/c16-11-3-1-2-4-12(11)17-24(20,21)9-7-10(15(18)19)14-13(8-9)22-5-6-23-14/h1-4,7-8,17H,5-6H2,(H,18,19). The molecule has 7 nitrogen and oxygen atoms in total. The number of hydrogen-bond donors (Lipinski definition) is 2. The number of halogens is 1. The van der Waals surface area contributed by atoms with Crippen LogP contribution in [0, 0.1) is 5.82 Å². The Hall–Kier alpha value is -2.81. The molecule has 0 radical (unpaired) electrons. The van der Waals surface area contributed by atoms with E-state index in [4.69, 9.17) is 9.47 Å². The van der Waals surface area contributed by atoms with Gasteiger partial charge in [-0.3, -0.25) is 4.72 Å². The van der Waals surface area contributed by atoms with Crippen molar-refractivity contribution in [3.63, 3.8) is 0 Å². The summed E-state index contributed by atoms with van der Waals surface area (Å²) in [6, 6.07) is 7.32. The second-order valence-corrected chi connectivity index (χ2v) is 6.57. The molecule has 0 saturated heterocycles. The van der Waals surface area contributed by atoms with Crippen LogP contribution in [0.5, 0.6) is 11.5 Å². The lowest BCUT2D eigenvalue weighted by Gasteiger charge is -2.21. The summed E-state index contributed by atoms with van der Waals surface area (Å²) in [7, 11) is -4.21. The summed E-state index contributed by atoms with van der Waals surface area (Å²) in [6.07, 6.45) is 0. The van der Waals surface area contributed by atoms with E-state index >= 15 is 0 Å². The minimum atomic E-state index is -4.21. The van der Waals surface area contributed by atoms with Crippen molar-refractivity contribution in [2.75, 3.05) is 17.9 Å². The summed E-state index contributed by atoms with van der Waals surface area (Å²) in [5.41, 5.74) is -0.592. The van der Waals surface area contributed by atoms with Gasteiger partial charge in [0.1, 0.15) is 24.6 Å². The van der Waals surface area contributed by atoms with Crippen molar-refractivity contribution < 1.29 is 32.2 Å². The third kappa shape index (κ3) is 2.98. The number of carboxylic acids is 1. The lowest BCUT2D eigenvalue weighted by atomic mass is 10.2. The molecule has 0 spiro atoms. The molecule has 0 aliphatic carbocycles. The molecule has 3 rings (SSSR count). The summed E-state index contributed by atoms with van der Waals surface area (Å²) in [5.74, 6) is -2.13. The van der Waals surface area contributed by atoms with E-state index in [2.05, 4.69) is 4.72 Å². The number of aromatic carboxylic acids is 1. The first-order chi connectivity index (χ1) is 11.4. The molecular formula is C15H12FNO6S. The average molecular weight is 353 g/mol. The van der Waals surface area contributed by atoms with Crippen LogP contribution in [0.15, 0.2) is 41.3 Å². The summed E-state index contributed by atoms with van der Waals surface area (Å²) >= 11 is 0. The Morgan fingerprint density at radius 3 is 2.58 bits per heavy atom. The van der Waals surface area contributed by atoms with Crippen LogP contribution >= 0.6 is 0 Å². The van der Waals surface area contributed by atoms with Gasteiger partial charge in [0.15, 0.2) is 11.5 Å². The van der Waals surface area contributed by atoms with Crippen LogP contribution in [0.4, 0.5) is 10.1 Å². The number of carboxylic acid groups (broad SMARTS) is 1. The molecule has 1 heterocycles. The van der Waals surface area contributed by atoms with E-state index in [0.29, 0.717) is 0 Å². The van der Waals surface area contributed by atoms with Crippen molar-refractivity contribution in [2.24, 2.45) is 0 Å². The molecule has 0 amide bonds. The van der Waals surface area contributed by atoms with Gasteiger partial charge in [0, 0.05) is 6.07 Å². The van der Waals surface area contributed by atoms with Gasteiger partial charge in [0.2, 0.25) is 0 Å². The van der Waals surface area contributed by atoms with Crippen molar-refractivity contribution in [3.8, 4) is 11.5 Å². The lowest BCUT2D eigenvalue weighted by molar-refractivity contribution is 0.0685. The van der Waals surface area contributed by atoms with Crippen LogP contribution in [0.2, 0.25) is 0 Å². The van der Waals surface area contributed by atoms with E-state index in [-0.39, 0.29) is 40.9 Å². The highest BCUT2D eigenvalue weighted by Crippen LogP contribution is 2.37. The number of sulfonamides is 1. The zero-order valence-corrected chi connectivity index (χ0v) is 13.0. The van der Waals surface area contributed by atoms with Crippen molar-refractivity contribution >= 4 is 21.7 Å². The first kappa shape index (κ1) is 16.1. The maximum Gasteiger partial charge on any atom is 0.339 e. The molecule has 1 aliphatic rings. The smallest absolute Gasteiger partial charge is 0.339 e. The normalized spacial score (nSPS) is 13.4. The van der Waals surface area contributed by atoms with E-state index in [9.17, 15) is 22.7 Å². The minimum absolute atomic E-state index is 0.00931. The quantitative estimate of drug-likeness (QED) is 0.873. The fourth-order valence-corrected chi connectivity index (χ4v) is 3.30. The number of ether oxygens (including phenoxy) is 2. The first-order valence-electron chi connectivity index (χ1n) is 6.83. The number of carbonyl (C=O) groups is 1. The van der Waals surface area contributed by atoms with Crippen LogP contribution in [0.25, 0.3) is 0 Å². The average Bonchev–Trinajstić information content (AvgIpc) is 2.55. The van der Waals surface area contributed by atoms with Gasteiger partial charge < -0.3 is 14.6 Å². The summed E-state index contributed by atoms with van der Waals surface area (Å²) in [5, 5.41) is 9.25. The van der Waals surface area contributed by atoms with Gasteiger partial charge in [0.25, 0.3) is 10.0 Å². The number of benzene rings is 2. The van der Waals surface area contributed by atoms with Crippen LogP contribution in [0.3, 0.4) is 0 Å². The zero-order chi connectivity index (χ0) is 17.3. The van der Waals surface area contributed by atoms with Crippen molar-refractivity contribution in [3.05, 3.63) is 47.8 Å². The van der Waals surface area contributed by atoms with E-state index in [1.807, 2.05) is 0 Å². The van der Waals surface area contributed by atoms with E-state index < -0.39 is 21.8 Å². The summed E-state index contributed by atoms with van der Waals surface area (Å²) in [6.45, 7) is 0.323. The number of hydrogen-bond acceptors (Lipinski definition) is 5. The molecule has 2 aromatic carbocycles. The fraction of sp³-hybridized carbons (Fsp3) is 0.133. The Bertz CT molecular complexity index is 912. The second-order valence-electron chi connectivity index (χ2n) is 4.89. The monoisotopic (exact) mass is 353 g/mol. The van der Waals surface area contributed by atoms with E-state index in [1.54, 1.807) is 0 Å². The molecule has 0 unspecified atom stereocenters. The van der Waals surface area contributed by atoms with Gasteiger partial charge >= 0.3 is 5.97 Å².